The van der Waals surface area contributed by atoms with E-state index in [0.717, 1.165) is 16.2 Å². The zero-order valence-corrected chi connectivity index (χ0v) is 13.8. The number of thiophene rings is 1. The molecule has 0 radical (unpaired) electrons. The third kappa shape index (κ3) is 2.93. The summed E-state index contributed by atoms with van der Waals surface area (Å²) in [5, 5.41) is 11.0. The van der Waals surface area contributed by atoms with Crippen molar-refractivity contribution < 1.29 is 4.79 Å². The molecule has 7 heteroatoms. The maximum Gasteiger partial charge on any atom is 0.315 e. The summed E-state index contributed by atoms with van der Waals surface area (Å²) >= 11 is 3.27. The Balaban J connectivity index is 1.34. The summed E-state index contributed by atoms with van der Waals surface area (Å²) in [5.74, 6) is 0. The van der Waals surface area contributed by atoms with Gasteiger partial charge < -0.3 is 10.6 Å². The minimum absolute atomic E-state index is 0.184. The summed E-state index contributed by atoms with van der Waals surface area (Å²) in [5.41, 5.74) is 2.00. The van der Waals surface area contributed by atoms with Crippen LogP contribution in [-0.4, -0.2) is 15.4 Å². The number of fused-ring (bicyclic) bond motifs is 2. The van der Waals surface area contributed by atoms with Gasteiger partial charge in [0.05, 0.1) is 12.2 Å². The number of aromatic nitrogens is 2. The van der Waals surface area contributed by atoms with Gasteiger partial charge in [-0.25, -0.2) is 9.78 Å². The molecule has 0 saturated heterocycles. The van der Waals surface area contributed by atoms with Crippen molar-refractivity contribution in [3.05, 3.63) is 58.7 Å². The van der Waals surface area contributed by atoms with Crippen molar-refractivity contribution in [3.63, 3.8) is 0 Å². The number of benzene rings is 1. The first-order valence-electron chi connectivity index (χ1n) is 7.17. The molecule has 0 aliphatic heterocycles. The molecule has 0 saturated carbocycles. The molecule has 0 aliphatic rings. The summed E-state index contributed by atoms with van der Waals surface area (Å²) in [7, 11) is 0. The summed E-state index contributed by atoms with van der Waals surface area (Å²) in [6.45, 7) is 0.943. The van der Waals surface area contributed by atoms with Crippen LogP contribution < -0.4 is 10.6 Å². The van der Waals surface area contributed by atoms with E-state index in [1.807, 2.05) is 34.3 Å². The second-order valence-electron chi connectivity index (χ2n) is 5.12. The van der Waals surface area contributed by atoms with Crippen LogP contribution in [0, 0.1) is 0 Å². The molecule has 0 aliphatic carbocycles. The van der Waals surface area contributed by atoms with E-state index in [0.29, 0.717) is 13.1 Å². The molecule has 2 N–H and O–H groups in total. The van der Waals surface area contributed by atoms with Crippen molar-refractivity contribution in [1.82, 2.24) is 20.0 Å². The fraction of sp³-hybridized carbons (Fsp3) is 0.125. The SMILES string of the molecule is O=C(NCc1cn2ccsc2n1)NCc1csc2ccccc12. The molecule has 0 spiro atoms. The standard InChI is InChI=1S/C16H14N4OS2/c21-15(18-8-12-9-20-5-6-22-16(20)19-12)17-7-11-10-23-14-4-2-1-3-13(11)14/h1-6,9-10H,7-8H2,(H2,17,18,21). The van der Waals surface area contributed by atoms with Crippen molar-refractivity contribution in [2.45, 2.75) is 13.1 Å². The molecular weight excluding hydrogens is 328 g/mol. The Morgan fingerprint density at radius 3 is 2.96 bits per heavy atom. The van der Waals surface area contributed by atoms with Gasteiger partial charge in [0, 0.05) is 29.0 Å². The van der Waals surface area contributed by atoms with Gasteiger partial charge in [0.15, 0.2) is 4.96 Å². The normalized spacial score (nSPS) is 11.1. The molecule has 0 unspecified atom stereocenters. The van der Waals surface area contributed by atoms with Crippen molar-refractivity contribution in [3.8, 4) is 0 Å². The van der Waals surface area contributed by atoms with E-state index < -0.39 is 0 Å². The number of nitrogens with zero attached hydrogens (tertiary/aromatic N) is 2. The molecule has 2 amide bonds. The van der Waals surface area contributed by atoms with Crippen LogP contribution in [0.3, 0.4) is 0 Å². The lowest BCUT2D eigenvalue weighted by atomic mass is 10.2. The van der Waals surface area contributed by atoms with Crippen molar-refractivity contribution in [2.75, 3.05) is 0 Å². The van der Waals surface area contributed by atoms with Crippen molar-refractivity contribution in [1.29, 1.82) is 0 Å². The minimum Gasteiger partial charge on any atom is -0.334 e. The van der Waals surface area contributed by atoms with Crippen LogP contribution in [0.4, 0.5) is 4.79 Å². The number of nitrogens with one attached hydrogen (secondary N) is 2. The Labute approximate surface area is 140 Å². The van der Waals surface area contributed by atoms with Crippen LogP contribution in [-0.2, 0) is 13.1 Å². The Morgan fingerprint density at radius 2 is 2.04 bits per heavy atom. The molecule has 23 heavy (non-hydrogen) atoms. The third-order valence-electron chi connectivity index (χ3n) is 3.57. The lowest BCUT2D eigenvalue weighted by molar-refractivity contribution is 0.240. The maximum atomic E-state index is 12.0. The summed E-state index contributed by atoms with van der Waals surface area (Å²) < 4.78 is 3.19. The van der Waals surface area contributed by atoms with Gasteiger partial charge >= 0.3 is 6.03 Å². The van der Waals surface area contributed by atoms with Crippen LogP contribution in [0.2, 0.25) is 0 Å². The molecule has 3 heterocycles. The van der Waals surface area contributed by atoms with E-state index in [1.54, 1.807) is 22.7 Å². The molecule has 4 rings (SSSR count). The Bertz CT molecular complexity index is 940. The number of hydrogen-bond acceptors (Lipinski definition) is 4. The molecule has 3 aromatic heterocycles. The lowest BCUT2D eigenvalue weighted by Gasteiger charge is -2.06. The molecule has 0 bridgehead atoms. The van der Waals surface area contributed by atoms with Gasteiger partial charge in [0.1, 0.15) is 0 Å². The summed E-state index contributed by atoms with van der Waals surface area (Å²) in [6, 6.07) is 8.03. The fourth-order valence-corrected chi connectivity index (χ4v) is 4.12. The molecule has 0 atom stereocenters. The number of hydrogen-bond donors (Lipinski definition) is 2. The molecular formula is C16H14N4OS2. The highest BCUT2D eigenvalue weighted by Crippen LogP contribution is 2.25. The van der Waals surface area contributed by atoms with Gasteiger partial charge in [-0.1, -0.05) is 18.2 Å². The van der Waals surface area contributed by atoms with Gasteiger partial charge in [0.2, 0.25) is 0 Å². The number of amides is 2. The molecule has 1 aromatic carbocycles. The number of urea groups is 1. The van der Waals surface area contributed by atoms with E-state index in [9.17, 15) is 4.79 Å². The van der Waals surface area contributed by atoms with Crippen LogP contribution in [0.5, 0.6) is 0 Å². The topological polar surface area (TPSA) is 58.4 Å². The van der Waals surface area contributed by atoms with Crippen LogP contribution >= 0.6 is 22.7 Å². The number of carbonyl (C=O) groups excluding carboxylic acids is 1. The van der Waals surface area contributed by atoms with Crippen LogP contribution in [0.15, 0.2) is 47.4 Å². The van der Waals surface area contributed by atoms with Crippen molar-refractivity contribution >= 4 is 43.8 Å². The average molecular weight is 342 g/mol. The largest absolute Gasteiger partial charge is 0.334 e. The molecule has 0 fully saturated rings. The number of thiazole rings is 1. The predicted octanol–water partition coefficient (Wildman–Crippen LogP) is 3.61. The van der Waals surface area contributed by atoms with E-state index in [4.69, 9.17) is 0 Å². The van der Waals surface area contributed by atoms with Gasteiger partial charge in [-0.2, -0.15) is 0 Å². The first-order chi connectivity index (χ1) is 11.3. The van der Waals surface area contributed by atoms with Crippen LogP contribution in [0.25, 0.3) is 15.0 Å². The van der Waals surface area contributed by atoms with Crippen LogP contribution in [0.1, 0.15) is 11.3 Å². The number of imidazole rings is 1. The smallest absolute Gasteiger partial charge is 0.315 e. The Morgan fingerprint density at radius 1 is 1.17 bits per heavy atom. The highest BCUT2D eigenvalue weighted by atomic mass is 32.1. The predicted molar refractivity (Wildman–Crippen MR) is 94.0 cm³/mol. The van der Waals surface area contributed by atoms with E-state index in [1.165, 1.54) is 10.1 Å². The Kier molecular flexibility index (Phi) is 3.72. The zero-order valence-electron chi connectivity index (χ0n) is 12.2. The van der Waals surface area contributed by atoms with E-state index in [-0.39, 0.29) is 6.03 Å². The van der Waals surface area contributed by atoms with E-state index in [2.05, 4.69) is 33.1 Å². The van der Waals surface area contributed by atoms with Gasteiger partial charge in [-0.3, -0.25) is 4.40 Å². The number of rotatable bonds is 4. The zero-order chi connectivity index (χ0) is 15.6. The highest BCUT2D eigenvalue weighted by Gasteiger charge is 2.07. The second-order valence-corrected chi connectivity index (χ2v) is 6.90. The third-order valence-corrected chi connectivity index (χ3v) is 5.36. The quantitative estimate of drug-likeness (QED) is 0.595. The molecule has 5 nitrogen and oxygen atoms in total. The van der Waals surface area contributed by atoms with Gasteiger partial charge in [0.25, 0.3) is 0 Å². The van der Waals surface area contributed by atoms with E-state index >= 15 is 0 Å². The first kappa shape index (κ1) is 14.2. The fourth-order valence-electron chi connectivity index (χ4n) is 2.44. The lowest BCUT2D eigenvalue weighted by Crippen LogP contribution is -2.34. The van der Waals surface area contributed by atoms with Gasteiger partial charge in [-0.05, 0) is 22.4 Å². The monoisotopic (exact) mass is 342 g/mol. The number of carbonyl (C=O) groups is 1. The Hall–Kier alpha value is -2.38. The summed E-state index contributed by atoms with van der Waals surface area (Å²) in [6.07, 6.45) is 3.89. The average Bonchev–Trinajstić information content (AvgIpc) is 3.25. The highest BCUT2D eigenvalue weighted by molar-refractivity contribution is 7.17. The minimum atomic E-state index is -0.184. The maximum absolute atomic E-state index is 12.0. The first-order valence-corrected chi connectivity index (χ1v) is 8.93. The summed E-state index contributed by atoms with van der Waals surface area (Å²) in [4.78, 5) is 17.3. The molecule has 116 valence electrons. The van der Waals surface area contributed by atoms with Crippen molar-refractivity contribution in [2.24, 2.45) is 0 Å². The second kappa shape index (κ2) is 6.02. The molecule has 4 aromatic rings. The van der Waals surface area contributed by atoms with Gasteiger partial charge in [-0.15, -0.1) is 22.7 Å².